The molecule has 1 unspecified atom stereocenters. The van der Waals surface area contributed by atoms with Crippen LogP contribution in [0.25, 0.3) is 0 Å². The van der Waals surface area contributed by atoms with Gasteiger partial charge in [-0.05, 0) is 49.9 Å². The van der Waals surface area contributed by atoms with Crippen LogP contribution < -0.4 is 10.2 Å². The number of rotatable bonds is 5. The van der Waals surface area contributed by atoms with Crippen molar-refractivity contribution in [2.45, 2.75) is 33.1 Å². The fraction of sp³-hybridized carbons (Fsp3) is 0.625. The van der Waals surface area contributed by atoms with Gasteiger partial charge >= 0.3 is 0 Å². The van der Waals surface area contributed by atoms with E-state index in [-0.39, 0.29) is 0 Å². The van der Waals surface area contributed by atoms with Crippen molar-refractivity contribution >= 4 is 5.69 Å². The summed E-state index contributed by atoms with van der Waals surface area (Å²) < 4.78 is 0. The average Bonchev–Trinajstić information content (AvgIpc) is 2.59. The van der Waals surface area contributed by atoms with Gasteiger partial charge < -0.3 is 10.2 Å². The van der Waals surface area contributed by atoms with E-state index < -0.39 is 0 Å². The molecule has 1 aliphatic heterocycles. The Hall–Kier alpha value is -1.02. The second kappa shape index (κ2) is 6.79. The van der Waals surface area contributed by atoms with Crippen LogP contribution in [0.3, 0.4) is 0 Å². The minimum atomic E-state index is 0.705. The summed E-state index contributed by atoms with van der Waals surface area (Å²) in [6.45, 7) is 9.09. The molecule has 0 bridgehead atoms. The van der Waals surface area contributed by atoms with Crippen molar-refractivity contribution in [3.63, 3.8) is 0 Å². The van der Waals surface area contributed by atoms with Gasteiger partial charge in [0.2, 0.25) is 0 Å². The Morgan fingerprint density at radius 1 is 1.28 bits per heavy atom. The van der Waals surface area contributed by atoms with Crippen LogP contribution in [0.5, 0.6) is 0 Å². The van der Waals surface area contributed by atoms with Gasteiger partial charge in [0.1, 0.15) is 0 Å². The molecule has 1 atom stereocenters. The first kappa shape index (κ1) is 13.4. The molecule has 1 aliphatic rings. The van der Waals surface area contributed by atoms with E-state index in [9.17, 15) is 0 Å². The fourth-order valence-electron chi connectivity index (χ4n) is 2.79. The Kier molecular flexibility index (Phi) is 5.06. The first-order chi connectivity index (χ1) is 8.81. The number of aryl methyl sites for hydroxylation is 1. The minimum absolute atomic E-state index is 0.705. The third-order valence-corrected chi connectivity index (χ3v) is 3.73. The van der Waals surface area contributed by atoms with Crippen molar-refractivity contribution in [1.29, 1.82) is 0 Å². The van der Waals surface area contributed by atoms with Crippen LogP contribution in [-0.4, -0.2) is 26.2 Å². The molecule has 1 N–H and O–H groups in total. The Bertz CT molecular complexity index is 362. The van der Waals surface area contributed by atoms with Crippen molar-refractivity contribution < 1.29 is 0 Å². The van der Waals surface area contributed by atoms with Gasteiger partial charge in [-0.25, -0.2) is 0 Å². The lowest BCUT2D eigenvalue weighted by Gasteiger charge is -2.28. The molecule has 0 radical (unpaired) electrons. The third kappa shape index (κ3) is 3.49. The van der Waals surface area contributed by atoms with E-state index in [1.165, 1.54) is 43.6 Å². The maximum atomic E-state index is 3.45. The van der Waals surface area contributed by atoms with E-state index in [0.717, 1.165) is 13.1 Å². The van der Waals surface area contributed by atoms with Crippen molar-refractivity contribution in [2.75, 3.05) is 31.1 Å². The molecule has 0 amide bonds. The predicted octanol–water partition coefficient (Wildman–Crippen LogP) is 3.07. The average molecular weight is 246 g/mol. The molecule has 0 fully saturated rings. The van der Waals surface area contributed by atoms with E-state index in [1.54, 1.807) is 0 Å². The van der Waals surface area contributed by atoms with E-state index in [4.69, 9.17) is 0 Å². The maximum Gasteiger partial charge on any atom is 0.0398 e. The fourth-order valence-corrected chi connectivity index (χ4v) is 2.79. The van der Waals surface area contributed by atoms with E-state index in [0.29, 0.717) is 5.92 Å². The quantitative estimate of drug-likeness (QED) is 0.859. The molecular weight excluding hydrogens is 220 g/mol. The van der Waals surface area contributed by atoms with Crippen LogP contribution in [0.15, 0.2) is 24.3 Å². The highest BCUT2D eigenvalue weighted by molar-refractivity contribution is 5.54. The first-order valence-electron chi connectivity index (χ1n) is 7.35. The highest BCUT2D eigenvalue weighted by atomic mass is 15.1. The summed E-state index contributed by atoms with van der Waals surface area (Å²) in [6.07, 6.45) is 3.89. The molecule has 2 heteroatoms. The van der Waals surface area contributed by atoms with E-state index >= 15 is 0 Å². The first-order valence-corrected chi connectivity index (χ1v) is 7.35. The van der Waals surface area contributed by atoms with Crippen molar-refractivity contribution in [3.8, 4) is 0 Å². The summed E-state index contributed by atoms with van der Waals surface area (Å²) in [5, 5.41) is 3.45. The van der Waals surface area contributed by atoms with Crippen LogP contribution in [-0.2, 0) is 6.42 Å². The number of hydrogen-bond acceptors (Lipinski definition) is 2. The normalized spacial score (nSPS) is 17.1. The van der Waals surface area contributed by atoms with Crippen molar-refractivity contribution in [1.82, 2.24) is 5.32 Å². The SMILES string of the molecule is CCNCC(C)CN1CCCCc2ccccc21. The monoisotopic (exact) mass is 246 g/mol. The summed E-state index contributed by atoms with van der Waals surface area (Å²) in [4.78, 5) is 2.59. The maximum absolute atomic E-state index is 3.45. The largest absolute Gasteiger partial charge is 0.371 e. The Morgan fingerprint density at radius 3 is 2.94 bits per heavy atom. The van der Waals surface area contributed by atoms with Gasteiger partial charge in [0.05, 0.1) is 0 Å². The smallest absolute Gasteiger partial charge is 0.0398 e. The molecule has 0 aromatic heterocycles. The zero-order chi connectivity index (χ0) is 12.8. The summed E-state index contributed by atoms with van der Waals surface area (Å²) >= 11 is 0. The van der Waals surface area contributed by atoms with E-state index in [1.807, 2.05) is 0 Å². The number of anilines is 1. The number of para-hydroxylation sites is 1. The number of benzene rings is 1. The van der Waals surface area contributed by atoms with Gasteiger partial charge in [0, 0.05) is 18.8 Å². The lowest BCUT2D eigenvalue weighted by Crippen LogP contribution is -2.34. The molecule has 0 saturated carbocycles. The van der Waals surface area contributed by atoms with Crippen molar-refractivity contribution in [3.05, 3.63) is 29.8 Å². The van der Waals surface area contributed by atoms with Crippen LogP contribution in [0.4, 0.5) is 5.69 Å². The van der Waals surface area contributed by atoms with Gasteiger partial charge in [-0.15, -0.1) is 0 Å². The molecular formula is C16H26N2. The molecule has 0 aliphatic carbocycles. The predicted molar refractivity (Wildman–Crippen MR) is 79.3 cm³/mol. The standard InChI is InChI=1S/C16H26N2/c1-3-17-12-14(2)13-18-11-7-6-9-15-8-4-5-10-16(15)18/h4-5,8,10,14,17H,3,6-7,9,11-13H2,1-2H3. The molecule has 2 nitrogen and oxygen atoms in total. The van der Waals surface area contributed by atoms with Gasteiger partial charge in [0.25, 0.3) is 0 Å². The van der Waals surface area contributed by atoms with Crippen molar-refractivity contribution in [2.24, 2.45) is 5.92 Å². The number of fused-ring (bicyclic) bond motifs is 1. The van der Waals surface area contributed by atoms with Gasteiger partial charge in [-0.2, -0.15) is 0 Å². The molecule has 1 aromatic carbocycles. The van der Waals surface area contributed by atoms with E-state index in [2.05, 4.69) is 48.3 Å². The number of nitrogens with zero attached hydrogens (tertiary/aromatic N) is 1. The Morgan fingerprint density at radius 2 is 2.11 bits per heavy atom. The lowest BCUT2D eigenvalue weighted by atomic mass is 10.1. The Balaban J connectivity index is 2.03. The minimum Gasteiger partial charge on any atom is -0.371 e. The number of nitrogens with one attached hydrogen (secondary N) is 1. The molecule has 2 rings (SSSR count). The lowest BCUT2D eigenvalue weighted by molar-refractivity contribution is 0.510. The van der Waals surface area contributed by atoms with Gasteiger partial charge in [-0.3, -0.25) is 0 Å². The molecule has 100 valence electrons. The zero-order valence-corrected chi connectivity index (χ0v) is 11.8. The van der Waals surface area contributed by atoms with Crippen LogP contribution in [0.2, 0.25) is 0 Å². The molecule has 1 heterocycles. The second-order valence-electron chi connectivity index (χ2n) is 5.44. The summed E-state index contributed by atoms with van der Waals surface area (Å²) in [7, 11) is 0. The summed E-state index contributed by atoms with van der Waals surface area (Å²) in [5.41, 5.74) is 3.00. The van der Waals surface area contributed by atoms with Crippen LogP contribution >= 0.6 is 0 Å². The third-order valence-electron chi connectivity index (χ3n) is 3.73. The topological polar surface area (TPSA) is 15.3 Å². The number of hydrogen-bond donors (Lipinski definition) is 1. The highest BCUT2D eigenvalue weighted by Gasteiger charge is 2.16. The molecule has 0 spiro atoms. The second-order valence-corrected chi connectivity index (χ2v) is 5.44. The van der Waals surface area contributed by atoms with Gasteiger partial charge in [-0.1, -0.05) is 32.0 Å². The summed E-state index contributed by atoms with van der Waals surface area (Å²) in [5.74, 6) is 0.705. The molecule has 18 heavy (non-hydrogen) atoms. The van der Waals surface area contributed by atoms with Crippen LogP contribution in [0.1, 0.15) is 32.3 Å². The van der Waals surface area contributed by atoms with Gasteiger partial charge in [0.15, 0.2) is 0 Å². The zero-order valence-electron chi connectivity index (χ0n) is 11.8. The Labute approximate surface area is 111 Å². The molecule has 1 aromatic rings. The molecule has 0 saturated heterocycles. The van der Waals surface area contributed by atoms with Crippen LogP contribution in [0, 0.1) is 5.92 Å². The summed E-state index contributed by atoms with van der Waals surface area (Å²) in [6, 6.07) is 8.93. The highest BCUT2D eigenvalue weighted by Crippen LogP contribution is 2.26.